The monoisotopic (exact) mass is 395 g/mol. The second-order valence-electron chi connectivity index (χ2n) is 6.14. The number of ether oxygens (including phenoxy) is 1. The molecule has 6 nitrogen and oxygen atoms in total. The fourth-order valence-electron chi connectivity index (χ4n) is 2.46. The first kappa shape index (κ1) is 21.2. The van der Waals surface area contributed by atoms with Crippen molar-refractivity contribution in [2.24, 2.45) is 0 Å². The molecule has 0 aliphatic heterocycles. The van der Waals surface area contributed by atoms with Crippen LogP contribution in [0.4, 0.5) is 19.0 Å². The third-order valence-electron chi connectivity index (χ3n) is 3.82. The van der Waals surface area contributed by atoms with Crippen molar-refractivity contribution < 1.29 is 27.5 Å². The Morgan fingerprint density at radius 2 is 1.79 bits per heavy atom. The van der Waals surface area contributed by atoms with Crippen molar-refractivity contribution in [3.8, 4) is 0 Å². The number of carbonyl (C=O) groups is 2. The average Bonchev–Trinajstić information content (AvgIpc) is 2.60. The number of aryl methyl sites for hydroxylation is 2. The van der Waals surface area contributed by atoms with Crippen LogP contribution >= 0.6 is 0 Å². The SMILES string of the molecule is CCOC(=O)[C@](NC(=O)c1cccc(C)c1)(Nc1cc(C)ccn1)C(F)(F)F. The summed E-state index contributed by atoms with van der Waals surface area (Å²) >= 11 is 0. The highest BCUT2D eigenvalue weighted by Gasteiger charge is 2.64. The maximum Gasteiger partial charge on any atom is 0.441 e. The van der Waals surface area contributed by atoms with E-state index in [9.17, 15) is 22.8 Å². The Morgan fingerprint density at radius 1 is 1.11 bits per heavy atom. The summed E-state index contributed by atoms with van der Waals surface area (Å²) in [5.74, 6) is -3.02. The van der Waals surface area contributed by atoms with Gasteiger partial charge in [-0.3, -0.25) is 4.79 Å². The second kappa shape index (κ2) is 8.28. The predicted molar refractivity (Wildman–Crippen MR) is 96.7 cm³/mol. The molecule has 1 aromatic carbocycles. The van der Waals surface area contributed by atoms with E-state index >= 15 is 0 Å². The first-order valence-electron chi connectivity index (χ1n) is 8.43. The molecule has 0 aliphatic rings. The van der Waals surface area contributed by atoms with Crippen molar-refractivity contribution in [3.05, 3.63) is 59.3 Å². The van der Waals surface area contributed by atoms with E-state index in [0.29, 0.717) is 11.1 Å². The number of nitrogens with one attached hydrogen (secondary N) is 2. The molecule has 1 aromatic heterocycles. The van der Waals surface area contributed by atoms with Gasteiger partial charge in [0.2, 0.25) is 0 Å². The zero-order valence-electron chi connectivity index (χ0n) is 15.6. The standard InChI is InChI=1S/C19H20F3N3O3/c1-4-28-17(27)18(19(20,21)22,24-15-11-13(3)8-9-23-15)25-16(26)14-7-5-6-12(2)10-14/h5-11H,4H2,1-3H3,(H,23,24)(H,25,26)/t18-/m1/s1. The third-order valence-corrected chi connectivity index (χ3v) is 3.82. The van der Waals surface area contributed by atoms with Gasteiger partial charge in [-0.25, -0.2) is 9.78 Å². The summed E-state index contributed by atoms with van der Waals surface area (Å²) in [5, 5.41) is 3.81. The molecule has 2 aromatic rings. The van der Waals surface area contributed by atoms with Gasteiger partial charge in [0, 0.05) is 11.8 Å². The van der Waals surface area contributed by atoms with E-state index in [-0.39, 0.29) is 18.0 Å². The van der Waals surface area contributed by atoms with Crippen molar-refractivity contribution in [1.82, 2.24) is 10.3 Å². The molecule has 0 fully saturated rings. The molecule has 0 radical (unpaired) electrons. The Labute approximate surface area is 160 Å². The first-order valence-corrected chi connectivity index (χ1v) is 8.43. The smallest absolute Gasteiger partial charge is 0.441 e. The van der Waals surface area contributed by atoms with Crippen molar-refractivity contribution in [3.63, 3.8) is 0 Å². The minimum atomic E-state index is -5.22. The minimum absolute atomic E-state index is 0.0306. The number of amides is 1. The topological polar surface area (TPSA) is 80.3 Å². The Bertz CT molecular complexity index is 871. The van der Waals surface area contributed by atoms with Crippen LogP contribution in [0.1, 0.15) is 28.4 Å². The van der Waals surface area contributed by atoms with Crippen LogP contribution in [0, 0.1) is 13.8 Å². The number of benzene rings is 1. The van der Waals surface area contributed by atoms with Crippen LogP contribution in [0.2, 0.25) is 0 Å². The van der Waals surface area contributed by atoms with Gasteiger partial charge in [0.15, 0.2) is 0 Å². The number of nitrogens with zero attached hydrogens (tertiary/aromatic N) is 1. The number of anilines is 1. The third kappa shape index (κ3) is 4.59. The Morgan fingerprint density at radius 3 is 2.36 bits per heavy atom. The summed E-state index contributed by atoms with van der Waals surface area (Å²) in [4.78, 5) is 28.7. The van der Waals surface area contributed by atoms with Crippen molar-refractivity contribution >= 4 is 17.7 Å². The number of hydrogen-bond donors (Lipinski definition) is 2. The fourth-order valence-corrected chi connectivity index (χ4v) is 2.46. The Hall–Kier alpha value is -3.10. The zero-order valence-corrected chi connectivity index (χ0v) is 15.6. The van der Waals surface area contributed by atoms with Gasteiger partial charge < -0.3 is 15.4 Å². The molecule has 28 heavy (non-hydrogen) atoms. The average molecular weight is 395 g/mol. The van der Waals surface area contributed by atoms with E-state index in [2.05, 4.69) is 9.72 Å². The van der Waals surface area contributed by atoms with Crippen LogP contribution < -0.4 is 10.6 Å². The summed E-state index contributed by atoms with van der Waals surface area (Å²) in [6.07, 6.45) is -3.93. The summed E-state index contributed by atoms with van der Waals surface area (Å²) in [6.45, 7) is 4.40. The van der Waals surface area contributed by atoms with E-state index < -0.39 is 23.7 Å². The maximum atomic E-state index is 14.1. The summed E-state index contributed by atoms with van der Waals surface area (Å²) in [6, 6.07) is 8.87. The van der Waals surface area contributed by atoms with Crippen LogP contribution in [0.3, 0.4) is 0 Å². The summed E-state index contributed by atoms with van der Waals surface area (Å²) < 4.78 is 46.9. The highest BCUT2D eigenvalue weighted by molar-refractivity contribution is 5.99. The number of pyridine rings is 1. The van der Waals surface area contributed by atoms with Crippen LogP contribution in [-0.4, -0.2) is 35.3 Å². The lowest BCUT2D eigenvalue weighted by Crippen LogP contribution is -2.69. The molecule has 2 rings (SSSR count). The Balaban J connectivity index is 2.52. The van der Waals surface area contributed by atoms with E-state index in [1.807, 2.05) is 5.32 Å². The number of halogens is 3. The van der Waals surface area contributed by atoms with Crippen LogP contribution in [-0.2, 0) is 9.53 Å². The van der Waals surface area contributed by atoms with Gasteiger partial charge in [0.1, 0.15) is 5.82 Å². The number of alkyl halides is 3. The molecule has 0 saturated heterocycles. The van der Waals surface area contributed by atoms with E-state index in [0.717, 1.165) is 0 Å². The molecule has 0 bridgehead atoms. The van der Waals surface area contributed by atoms with Crippen LogP contribution in [0.5, 0.6) is 0 Å². The van der Waals surface area contributed by atoms with E-state index in [1.54, 1.807) is 31.3 Å². The van der Waals surface area contributed by atoms with Gasteiger partial charge in [-0.15, -0.1) is 0 Å². The largest absolute Gasteiger partial charge is 0.463 e. The van der Waals surface area contributed by atoms with E-state index in [1.165, 1.54) is 37.4 Å². The van der Waals surface area contributed by atoms with Gasteiger partial charge >= 0.3 is 17.8 Å². The van der Waals surface area contributed by atoms with Gasteiger partial charge in [0.25, 0.3) is 5.91 Å². The highest BCUT2D eigenvalue weighted by atomic mass is 19.4. The second-order valence-corrected chi connectivity index (χ2v) is 6.14. The molecule has 1 atom stereocenters. The van der Waals surface area contributed by atoms with Gasteiger partial charge in [-0.2, -0.15) is 13.2 Å². The van der Waals surface area contributed by atoms with Crippen LogP contribution in [0.15, 0.2) is 42.6 Å². The van der Waals surface area contributed by atoms with Crippen LogP contribution in [0.25, 0.3) is 0 Å². The lowest BCUT2D eigenvalue weighted by atomic mass is 10.1. The van der Waals surface area contributed by atoms with Gasteiger partial charge in [-0.1, -0.05) is 17.7 Å². The first-order chi connectivity index (χ1) is 13.1. The molecule has 0 saturated carbocycles. The van der Waals surface area contributed by atoms with Crippen molar-refractivity contribution in [1.29, 1.82) is 0 Å². The molecule has 1 heterocycles. The van der Waals surface area contributed by atoms with Crippen molar-refractivity contribution in [2.45, 2.75) is 32.6 Å². The lowest BCUT2D eigenvalue weighted by molar-refractivity contribution is -0.204. The molecule has 0 aliphatic carbocycles. The normalized spacial score (nSPS) is 13.4. The molecular weight excluding hydrogens is 375 g/mol. The lowest BCUT2D eigenvalue weighted by Gasteiger charge is -2.35. The highest BCUT2D eigenvalue weighted by Crippen LogP contribution is 2.33. The van der Waals surface area contributed by atoms with Crippen molar-refractivity contribution in [2.75, 3.05) is 11.9 Å². The predicted octanol–water partition coefficient (Wildman–Crippen LogP) is 3.36. The summed E-state index contributed by atoms with van der Waals surface area (Å²) in [7, 11) is 0. The van der Waals surface area contributed by atoms with Gasteiger partial charge in [0.05, 0.1) is 6.61 Å². The molecule has 0 unspecified atom stereocenters. The molecule has 9 heteroatoms. The van der Waals surface area contributed by atoms with Gasteiger partial charge in [-0.05, 0) is 50.6 Å². The number of hydrogen-bond acceptors (Lipinski definition) is 5. The number of esters is 1. The zero-order chi connectivity index (χ0) is 20.9. The molecule has 0 spiro atoms. The maximum absolute atomic E-state index is 14.1. The number of rotatable bonds is 6. The Kier molecular flexibility index (Phi) is 6.27. The molecule has 150 valence electrons. The molecular formula is C19H20F3N3O3. The van der Waals surface area contributed by atoms with E-state index in [4.69, 9.17) is 0 Å². The number of aromatic nitrogens is 1. The molecule has 1 amide bonds. The fraction of sp³-hybridized carbons (Fsp3) is 0.316. The molecule has 2 N–H and O–H groups in total. The summed E-state index contributed by atoms with van der Waals surface area (Å²) in [5.41, 5.74) is -2.25. The number of carbonyl (C=O) groups excluding carboxylic acids is 2. The minimum Gasteiger partial charge on any atom is -0.463 e. The quantitative estimate of drug-likeness (QED) is 0.579.